The van der Waals surface area contributed by atoms with Gasteiger partial charge in [-0.1, -0.05) is 71.7 Å². The Morgan fingerprint density at radius 3 is 2.30 bits per heavy atom. The van der Waals surface area contributed by atoms with E-state index in [4.69, 9.17) is 37.7 Å². The summed E-state index contributed by atoms with van der Waals surface area (Å²) in [4.78, 5) is 44.9. The molecule has 2 aliphatic rings. The van der Waals surface area contributed by atoms with Crippen LogP contribution in [0.25, 0.3) is 0 Å². The van der Waals surface area contributed by atoms with E-state index in [2.05, 4.69) is 17.9 Å². The highest BCUT2D eigenvalue weighted by molar-refractivity contribution is 7.81. The molecule has 0 bridgehead atoms. The second kappa shape index (κ2) is 14.2. The van der Waals surface area contributed by atoms with Gasteiger partial charge in [0, 0.05) is 5.75 Å². The third kappa shape index (κ3) is 7.13. The van der Waals surface area contributed by atoms with Gasteiger partial charge in [-0.25, -0.2) is 4.79 Å². The molecule has 222 valence electrons. The SMILES string of the molecule is O=C(OCCCc1ccccc1)C1=C(COCCN2C(=O)c3ccccc3C2=O)NC(CS)=NC1c1ccc(Cl)c(Cl)c1. The van der Waals surface area contributed by atoms with Crippen molar-refractivity contribution in [2.24, 2.45) is 4.99 Å². The summed E-state index contributed by atoms with van der Waals surface area (Å²) in [6.45, 7) is 0.300. The third-order valence-electron chi connectivity index (χ3n) is 7.08. The number of hydrogen-bond acceptors (Lipinski definition) is 8. The van der Waals surface area contributed by atoms with E-state index < -0.39 is 12.0 Å². The van der Waals surface area contributed by atoms with E-state index in [1.165, 1.54) is 0 Å². The summed E-state index contributed by atoms with van der Waals surface area (Å²) >= 11 is 16.9. The summed E-state index contributed by atoms with van der Waals surface area (Å²) in [6.07, 6.45) is 1.41. The first kappa shape index (κ1) is 30.8. The second-order valence-corrected chi connectivity index (χ2v) is 11.0. The van der Waals surface area contributed by atoms with Gasteiger partial charge in [-0.3, -0.25) is 19.5 Å². The number of aliphatic imine (C=N–C) groups is 1. The molecule has 0 saturated heterocycles. The van der Waals surface area contributed by atoms with Gasteiger partial charge in [0.05, 0.1) is 58.8 Å². The first-order valence-electron chi connectivity index (χ1n) is 13.7. The van der Waals surface area contributed by atoms with Crippen molar-refractivity contribution < 1.29 is 23.9 Å². The molecule has 11 heteroatoms. The highest BCUT2D eigenvalue weighted by Crippen LogP contribution is 2.35. The Labute approximate surface area is 265 Å². The molecule has 8 nitrogen and oxygen atoms in total. The average molecular weight is 639 g/mol. The van der Waals surface area contributed by atoms with Crippen LogP contribution in [-0.4, -0.2) is 60.6 Å². The van der Waals surface area contributed by atoms with Gasteiger partial charge < -0.3 is 14.8 Å². The zero-order valence-corrected chi connectivity index (χ0v) is 25.5. The van der Waals surface area contributed by atoms with Gasteiger partial charge in [-0.15, -0.1) is 0 Å². The molecule has 0 fully saturated rings. The number of amides is 2. The van der Waals surface area contributed by atoms with Gasteiger partial charge in [0.2, 0.25) is 0 Å². The van der Waals surface area contributed by atoms with E-state index in [1.807, 2.05) is 30.3 Å². The maximum Gasteiger partial charge on any atom is 0.338 e. The minimum atomic E-state index is -0.741. The minimum absolute atomic E-state index is 0.0256. The van der Waals surface area contributed by atoms with Crippen LogP contribution in [-0.2, 0) is 20.7 Å². The Balaban J connectivity index is 1.32. The molecule has 3 aromatic carbocycles. The van der Waals surface area contributed by atoms with E-state index in [0.29, 0.717) is 44.7 Å². The summed E-state index contributed by atoms with van der Waals surface area (Å²) in [6, 6.07) is 21.0. The molecule has 0 saturated carbocycles. The number of fused-ring (bicyclic) bond motifs is 1. The van der Waals surface area contributed by atoms with Crippen LogP contribution in [0.15, 0.2) is 89.1 Å². The minimum Gasteiger partial charge on any atom is -0.462 e. The van der Waals surface area contributed by atoms with Crippen molar-refractivity contribution in [3.8, 4) is 0 Å². The highest BCUT2D eigenvalue weighted by Gasteiger charge is 2.35. The quantitative estimate of drug-likeness (QED) is 0.114. The van der Waals surface area contributed by atoms with Gasteiger partial charge in [0.15, 0.2) is 0 Å². The lowest BCUT2D eigenvalue weighted by Gasteiger charge is -2.27. The summed E-state index contributed by atoms with van der Waals surface area (Å²) in [5, 5.41) is 3.86. The first-order chi connectivity index (χ1) is 20.9. The molecule has 5 rings (SSSR count). The van der Waals surface area contributed by atoms with Gasteiger partial charge >= 0.3 is 5.97 Å². The Bertz CT molecular complexity index is 1560. The molecule has 0 radical (unpaired) electrons. The lowest BCUT2D eigenvalue weighted by molar-refractivity contribution is -0.139. The van der Waals surface area contributed by atoms with Crippen molar-refractivity contribution in [2.45, 2.75) is 18.9 Å². The number of amidine groups is 1. The second-order valence-electron chi connectivity index (χ2n) is 9.91. The molecule has 0 aliphatic carbocycles. The van der Waals surface area contributed by atoms with E-state index in [1.54, 1.807) is 42.5 Å². The van der Waals surface area contributed by atoms with Crippen LogP contribution in [0.1, 0.15) is 44.3 Å². The van der Waals surface area contributed by atoms with Gasteiger partial charge in [-0.2, -0.15) is 12.6 Å². The maximum absolute atomic E-state index is 13.6. The molecule has 3 aromatic rings. The molecule has 1 unspecified atom stereocenters. The number of ether oxygens (including phenoxy) is 2. The van der Waals surface area contributed by atoms with Crippen LogP contribution in [0.5, 0.6) is 0 Å². The molecule has 1 N–H and O–H groups in total. The maximum atomic E-state index is 13.6. The zero-order valence-electron chi connectivity index (χ0n) is 23.1. The number of halogens is 2. The number of rotatable bonds is 12. The Morgan fingerprint density at radius 2 is 1.63 bits per heavy atom. The van der Waals surface area contributed by atoms with E-state index in [9.17, 15) is 14.4 Å². The third-order valence-corrected chi connectivity index (χ3v) is 8.12. The van der Waals surface area contributed by atoms with Crippen LogP contribution in [0.2, 0.25) is 10.0 Å². The number of carbonyl (C=O) groups excluding carboxylic acids is 3. The zero-order chi connectivity index (χ0) is 30.3. The number of esters is 1. The molecule has 0 spiro atoms. The van der Waals surface area contributed by atoms with Crippen LogP contribution < -0.4 is 5.32 Å². The van der Waals surface area contributed by atoms with Crippen LogP contribution >= 0.6 is 35.8 Å². The van der Waals surface area contributed by atoms with Crippen molar-refractivity contribution in [1.82, 2.24) is 10.2 Å². The fourth-order valence-corrected chi connectivity index (χ4v) is 5.41. The number of thiol groups is 1. The Morgan fingerprint density at radius 1 is 0.930 bits per heavy atom. The van der Waals surface area contributed by atoms with Crippen molar-refractivity contribution >= 4 is 59.4 Å². The highest BCUT2D eigenvalue weighted by atomic mass is 35.5. The fraction of sp³-hybridized carbons (Fsp3) is 0.250. The van der Waals surface area contributed by atoms with Gasteiger partial charge in [0.1, 0.15) is 11.9 Å². The molecule has 43 heavy (non-hydrogen) atoms. The molecule has 2 heterocycles. The molecular formula is C32H29Cl2N3O5S. The normalized spacial score (nSPS) is 16.2. The predicted octanol–water partition coefficient (Wildman–Crippen LogP) is 5.71. The fourth-order valence-electron chi connectivity index (χ4n) is 4.95. The summed E-state index contributed by atoms with van der Waals surface area (Å²) in [5.74, 6) is -0.460. The first-order valence-corrected chi connectivity index (χ1v) is 15.1. The lowest BCUT2D eigenvalue weighted by Crippen LogP contribution is -2.37. The monoisotopic (exact) mass is 637 g/mol. The van der Waals surface area contributed by atoms with Gasteiger partial charge in [-0.05, 0) is 48.2 Å². The molecule has 1 atom stereocenters. The summed E-state index contributed by atoms with van der Waals surface area (Å²) in [5.41, 5.74) is 3.27. The molecular weight excluding hydrogens is 609 g/mol. The summed E-state index contributed by atoms with van der Waals surface area (Å²) in [7, 11) is 0. The van der Waals surface area contributed by atoms with E-state index >= 15 is 0 Å². The van der Waals surface area contributed by atoms with Crippen molar-refractivity contribution in [1.29, 1.82) is 0 Å². The van der Waals surface area contributed by atoms with Crippen molar-refractivity contribution in [3.05, 3.63) is 116 Å². The standard InChI is InChI=1S/C32H29Cl2N3O5S/c33-24-13-12-21(17-25(24)34)29-28(32(40)42-15-6-9-20-7-2-1-3-8-20)26(35-27(19-43)36-29)18-41-16-14-37-30(38)22-10-4-5-11-23(22)31(37)39/h1-5,7-8,10-13,17,29,43H,6,9,14-16,18-19H2,(H,35,36). The lowest BCUT2D eigenvalue weighted by atomic mass is 9.96. The number of benzene rings is 3. The van der Waals surface area contributed by atoms with E-state index in [-0.39, 0.29) is 49.5 Å². The molecule has 2 amide bonds. The number of hydrogen-bond donors (Lipinski definition) is 2. The number of nitrogens with one attached hydrogen (secondary N) is 1. The largest absolute Gasteiger partial charge is 0.462 e. The van der Waals surface area contributed by atoms with Gasteiger partial charge in [0.25, 0.3) is 11.8 Å². The average Bonchev–Trinajstić information content (AvgIpc) is 3.27. The molecule has 0 aromatic heterocycles. The number of carbonyl (C=O) groups is 3. The van der Waals surface area contributed by atoms with Crippen molar-refractivity contribution in [2.75, 3.05) is 32.1 Å². The van der Waals surface area contributed by atoms with Crippen LogP contribution in [0, 0.1) is 0 Å². The number of imide groups is 1. The smallest absolute Gasteiger partial charge is 0.338 e. The van der Waals surface area contributed by atoms with E-state index in [0.717, 1.165) is 16.9 Å². The van der Waals surface area contributed by atoms with Crippen LogP contribution in [0.3, 0.4) is 0 Å². The number of nitrogens with zero attached hydrogens (tertiary/aromatic N) is 2. The molecule has 2 aliphatic heterocycles. The predicted molar refractivity (Wildman–Crippen MR) is 169 cm³/mol. The topological polar surface area (TPSA) is 97.3 Å². The summed E-state index contributed by atoms with van der Waals surface area (Å²) < 4.78 is 11.6. The van der Waals surface area contributed by atoms with Crippen LogP contribution in [0.4, 0.5) is 0 Å². The Kier molecular flexibility index (Phi) is 10.2. The number of aryl methyl sites for hydroxylation is 1. The van der Waals surface area contributed by atoms with Crippen molar-refractivity contribution in [3.63, 3.8) is 0 Å². The Hall–Kier alpha value is -3.63.